The number of nitrogens with zero attached hydrogens (tertiary/aromatic N) is 3. The number of carbonyl (C=O) groups excluding carboxylic acids is 2. The van der Waals surface area contributed by atoms with E-state index in [0.29, 0.717) is 16.7 Å². The van der Waals surface area contributed by atoms with E-state index in [-0.39, 0.29) is 29.6 Å². The lowest BCUT2D eigenvalue weighted by molar-refractivity contribution is -0.113. The van der Waals surface area contributed by atoms with Gasteiger partial charge in [-0.05, 0) is 73.5 Å². The van der Waals surface area contributed by atoms with Crippen molar-refractivity contribution in [2.45, 2.75) is 25.5 Å². The first-order valence-electron chi connectivity index (χ1n) is 11.0. The van der Waals surface area contributed by atoms with Crippen LogP contribution < -0.4 is 10.6 Å². The summed E-state index contributed by atoms with van der Waals surface area (Å²) in [7, 11) is 0. The lowest BCUT2D eigenvalue weighted by atomic mass is 10.1. The molecule has 0 saturated carbocycles. The molecule has 10 heteroatoms. The minimum absolute atomic E-state index is 0.0377. The highest BCUT2D eigenvalue weighted by Crippen LogP contribution is 2.26. The first kappa shape index (κ1) is 25.1. The van der Waals surface area contributed by atoms with Gasteiger partial charge in [0.1, 0.15) is 11.6 Å². The summed E-state index contributed by atoms with van der Waals surface area (Å²) in [6, 6.07) is 16.7. The largest absolute Gasteiger partial charge is 0.345 e. The zero-order valence-electron chi connectivity index (χ0n) is 19.6. The number of aromatic nitrogens is 3. The van der Waals surface area contributed by atoms with Crippen LogP contribution in [0.2, 0.25) is 0 Å². The Morgan fingerprint density at radius 1 is 0.944 bits per heavy atom. The predicted octanol–water partition coefficient (Wildman–Crippen LogP) is 4.82. The summed E-state index contributed by atoms with van der Waals surface area (Å²) >= 11 is 1.18. The third kappa shape index (κ3) is 5.95. The SMILES string of the molecule is Cc1cccc(-n2c(CNC(=O)c3cccc(F)c3)nnc2SCC(=O)Nc2ccc(F)cc2)c1C. The maximum absolute atomic E-state index is 13.5. The molecule has 0 bridgehead atoms. The zero-order valence-corrected chi connectivity index (χ0v) is 20.4. The number of hydrogen-bond acceptors (Lipinski definition) is 5. The third-order valence-electron chi connectivity index (χ3n) is 5.47. The van der Waals surface area contributed by atoms with Crippen LogP contribution in [0.25, 0.3) is 5.69 Å². The molecular formula is C26H23F2N5O2S. The molecule has 184 valence electrons. The summed E-state index contributed by atoms with van der Waals surface area (Å²) < 4.78 is 28.4. The van der Waals surface area contributed by atoms with E-state index in [4.69, 9.17) is 0 Å². The van der Waals surface area contributed by atoms with E-state index < -0.39 is 11.7 Å². The number of benzene rings is 3. The van der Waals surface area contributed by atoms with Crippen LogP contribution in [0.4, 0.5) is 14.5 Å². The zero-order chi connectivity index (χ0) is 25.7. The lowest BCUT2D eigenvalue weighted by Gasteiger charge is -2.15. The van der Waals surface area contributed by atoms with E-state index in [0.717, 1.165) is 22.9 Å². The molecule has 0 aliphatic heterocycles. The fourth-order valence-corrected chi connectivity index (χ4v) is 4.24. The molecule has 4 aromatic rings. The Labute approximate surface area is 210 Å². The Bertz CT molecular complexity index is 1410. The Hall–Kier alpha value is -4.05. The number of nitrogens with one attached hydrogen (secondary N) is 2. The molecule has 4 rings (SSSR count). The summed E-state index contributed by atoms with van der Waals surface area (Å²) in [6.45, 7) is 3.99. The first-order valence-corrected chi connectivity index (χ1v) is 12.0. The van der Waals surface area contributed by atoms with Crippen molar-refractivity contribution in [3.8, 4) is 5.69 Å². The highest BCUT2D eigenvalue weighted by Gasteiger charge is 2.19. The molecule has 3 aromatic carbocycles. The van der Waals surface area contributed by atoms with Crippen molar-refractivity contribution in [3.63, 3.8) is 0 Å². The number of aryl methyl sites for hydroxylation is 1. The van der Waals surface area contributed by atoms with Gasteiger partial charge in [-0.3, -0.25) is 14.2 Å². The second-order valence-corrected chi connectivity index (χ2v) is 8.93. The maximum atomic E-state index is 13.5. The summed E-state index contributed by atoms with van der Waals surface area (Å²) in [5, 5.41) is 14.4. The molecule has 0 saturated heterocycles. The number of rotatable bonds is 8. The fraction of sp³-hybridized carbons (Fsp3) is 0.154. The molecule has 7 nitrogen and oxygen atoms in total. The lowest BCUT2D eigenvalue weighted by Crippen LogP contribution is -2.25. The van der Waals surface area contributed by atoms with Gasteiger partial charge in [0, 0.05) is 11.3 Å². The molecule has 0 spiro atoms. The van der Waals surface area contributed by atoms with Gasteiger partial charge in [-0.1, -0.05) is 30.0 Å². The Kier molecular flexibility index (Phi) is 7.74. The minimum atomic E-state index is -0.501. The van der Waals surface area contributed by atoms with Gasteiger partial charge in [-0.15, -0.1) is 10.2 Å². The topological polar surface area (TPSA) is 88.9 Å². The molecular weight excluding hydrogens is 484 g/mol. The third-order valence-corrected chi connectivity index (χ3v) is 6.40. The average molecular weight is 508 g/mol. The molecule has 0 atom stereocenters. The molecule has 0 unspecified atom stereocenters. The second-order valence-electron chi connectivity index (χ2n) is 7.99. The van der Waals surface area contributed by atoms with Gasteiger partial charge in [0.15, 0.2) is 11.0 Å². The molecule has 36 heavy (non-hydrogen) atoms. The number of hydrogen-bond donors (Lipinski definition) is 2. The molecule has 2 amide bonds. The van der Waals surface area contributed by atoms with Crippen molar-refractivity contribution in [2.24, 2.45) is 0 Å². The monoisotopic (exact) mass is 507 g/mol. The summed E-state index contributed by atoms with van der Waals surface area (Å²) in [6.07, 6.45) is 0. The number of thioether (sulfide) groups is 1. The van der Waals surface area contributed by atoms with E-state index in [2.05, 4.69) is 20.8 Å². The van der Waals surface area contributed by atoms with Crippen LogP contribution in [0.5, 0.6) is 0 Å². The van der Waals surface area contributed by atoms with E-state index in [1.54, 1.807) is 4.57 Å². The Morgan fingerprint density at radius 2 is 1.69 bits per heavy atom. The highest BCUT2D eigenvalue weighted by molar-refractivity contribution is 7.99. The molecule has 0 aliphatic rings. The van der Waals surface area contributed by atoms with Crippen LogP contribution in [-0.4, -0.2) is 32.3 Å². The van der Waals surface area contributed by atoms with Crippen molar-refractivity contribution >= 4 is 29.3 Å². The molecule has 1 heterocycles. The van der Waals surface area contributed by atoms with Gasteiger partial charge in [-0.2, -0.15) is 0 Å². The fourth-order valence-electron chi connectivity index (χ4n) is 3.48. The molecule has 0 aliphatic carbocycles. The van der Waals surface area contributed by atoms with E-state index >= 15 is 0 Å². The van der Waals surface area contributed by atoms with Gasteiger partial charge in [0.25, 0.3) is 5.91 Å². The van der Waals surface area contributed by atoms with Crippen molar-refractivity contribution in [1.82, 2.24) is 20.1 Å². The van der Waals surface area contributed by atoms with Gasteiger partial charge < -0.3 is 10.6 Å². The first-order chi connectivity index (χ1) is 17.3. The van der Waals surface area contributed by atoms with Crippen molar-refractivity contribution < 1.29 is 18.4 Å². The van der Waals surface area contributed by atoms with Crippen LogP contribution in [-0.2, 0) is 11.3 Å². The van der Waals surface area contributed by atoms with Crippen molar-refractivity contribution in [1.29, 1.82) is 0 Å². The quantitative estimate of drug-likeness (QED) is 0.334. The normalized spacial score (nSPS) is 10.8. The Morgan fingerprint density at radius 3 is 2.44 bits per heavy atom. The summed E-state index contributed by atoms with van der Waals surface area (Å²) in [5.74, 6) is -1.13. The van der Waals surface area contributed by atoms with Gasteiger partial charge in [0.2, 0.25) is 5.91 Å². The highest BCUT2D eigenvalue weighted by atomic mass is 32.2. The number of halogens is 2. The van der Waals surface area contributed by atoms with Crippen molar-refractivity contribution in [3.05, 3.63) is 101 Å². The molecule has 0 fully saturated rings. The average Bonchev–Trinajstić information content (AvgIpc) is 3.27. The van der Waals surface area contributed by atoms with Gasteiger partial charge in [0.05, 0.1) is 18.0 Å². The smallest absolute Gasteiger partial charge is 0.251 e. The Balaban J connectivity index is 1.54. The minimum Gasteiger partial charge on any atom is -0.345 e. The number of anilines is 1. The van der Waals surface area contributed by atoms with Crippen molar-refractivity contribution in [2.75, 3.05) is 11.1 Å². The van der Waals surface area contributed by atoms with E-state index in [1.807, 2.05) is 32.0 Å². The van der Waals surface area contributed by atoms with E-state index in [1.165, 1.54) is 54.2 Å². The van der Waals surface area contributed by atoms with Crippen LogP contribution >= 0.6 is 11.8 Å². The summed E-state index contributed by atoms with van der Waals surface area (Å²) in [4.78, 5) is 25.0. The predicted molar refractivity (Wildman–Crippen MR) is 134 cm³/mol. The molecule has 1 aromatic heterocycles. The number of amides is 2. The standard InChI is InChI=1S/C26H23F2N5O2S/c1-16-5-3-8-22(17(16)2)33-23(14-29-25(35)18-6-4-7-20(28)13-18)31-32-26(33)36-15-24(34)30-21-11-9-19(27)10-12-21/h3-13H,14-15H2,1-2H3,(H,29,35)(H,30,34). The molecule has 0 radical (unpaired) electrons. The van der Waals surface area contributed by atoms with Crippen LogP contribution in [0.15, 0.2) is 71.9 Å². The van der Waals surface area contributed by atoms with Crippen LogP contribution in [0.3, 0.4) is 0 Å². The molecule has 2 N–H and O–H groups in total. The second kappa shape index (κ2) is 11.1. The van der Waals surface area contributed by atoms with Crippen LogP contribution in [0, 0.1) is 25.5 Å². The van der Waals surface area contributed by atoms with Gasteiger partial charge in [-0.25, -0.2) is 8.78 Å². The maximum Gasteiger partial charge on any atom is 0.251 e. The van der Waals surface area contributed by atoms with Crippen LogP contribution in [0.1, 0.15) is 27.3 Å². The van der Waals surface area contributed by atoms with Gasteiger partial charge >= 0.3 is 0 Å². The van der Waals surface area contributed by atoms with E-state index in [9.17, 15) is 18.4 Å². The summed E-state index contributed by atoms with van der Waals surface area (Å²) in [5.41, 5.74) is 3.55. The number of carbonyl (C=O) groups is 2.